The highest BCUT2D eigenvalue weighted by Gasteiger charge is 2.38. The maximum atomic E-state index is 13.0. The first-order valence-corrected chi connectivity index (χ1v) is 10.9. The van der Waals surface area contributed by atoms with Crippen molar-refractivity contribution in [3.8, 4) is 11.1 Å². The van der Waals surface area contributed by atoms with E-state index in [-0.39, 0.29) is 17.4 Å². The van der Waals surface area contributed by atoms with Gasteiger partial charge in [0.05, 0.1) is 0 Å². The lowest BCUT2D eigenvalue weighted by molar-refractivity contribution is -0.120. The van der Waals surface area contributed by atoms with Crippen molar-refractivity contribution in [2.45, 2.75) is 63.8 Å². The smallest absolute Gasteiger partial charge is 0.230 e. The van der Waals surface area contributed by atoms with Crippen molar-refractivity contribution in [1.82, 2.24) is 0 Å². The Labute approximate surface area is 168 Å². The quantitative estimate of drug-likeness (QED) is 0.711. The van der Waals surface area contributed by atoms with Gasteiger partial charge < -0.3 is 10.6 Å². The molecule has 28 heavy (non-hydrogen) atoms. The van der Waals surface area contributed by atoms with Crippen LogP contribution in [0.1, 0.15) is 57.4 Å². The molecule has 0 atom stereocenters. The molecule has 2 N–H and O–H groups in total. The summed E-state index contributed by atoms with van der Waals surface area (Å²) in [6, 6.07) is 17.3. The molecule has 0 radical (unpaired) electrons. The second-order valence-electron chi connectivity index (χ2n) is 8.76. The van der Waals surface area contributed by atoms with Gasteiger partial charge in [0, 0.05) is 23.7 Å². The van der Waals surface area contributed by atoms with Crippen LogP contribution in [0.5, 0.6) is 0 Å². The van der Waals surface area contributed by atoms with Gasteiger partial charge in [-0.05, 0) is 60.9 Å². The van der Waals surface area contributed by atoms with Crippen LogP contribution in [-0.2, 0) is 11.2 Å². The predicted molar refractivity (Wildman–Crippen MR) is 116 cm³/mol. The molecule has 148 valence electrons. The average Bonchev–Trinajstić information content (AvgIpc) is 3.48. The fourth-order valence-corrected chi connectivity index (χ4v) is 4.39. The Balaban J connectivity index is 1.54. The Morgan fingerprint density at radius 3 is 2.11 bits per heavy atom. The van der Waals surface area contributed by atoms with Gasteiger partial charge in [-0.15, -0.1) is 0 Å². The number of benzene rings is 2. The maximum absolute atomic E-state index is 13.0. The number of hydrogen-bond acceptors (Lipinski definition) is 2. The Hall–Kier alpha value is -2.13. The normalized spacial score (nSPS) is 18.2. The molecular formula is C25H32N2O. The lowest BCUT2D eigenvalue weighted by atomic mass is 9.97. The molecule has 0 aliphatic heterocycles. The molecule has 2 aromatic rings. The molecule has 3 nitrogen and oxygen atoms in total. The highest BCUT2D eigenvalue weighted by atomic mass is 16.2. The van der Waals surface area contributed by atoms with Crippen LogP contribution in [0.15, 0.2) is 48.5 Å². The first kappa shape index (κ1) is 19.2. The van der Waals surface area contributed by atoms with Crippen LogP contribution in [0.2, 0.25) is 0 Å². The van der Waals surface area contributed by atoms with Crippen molar-refractivity contribution >= 4 is 11.6 Å². The van der Waals surface area contributed by atoms with Crippen molar-refractivity contribution in [2.24, 2.45) is 11.7 Å². The summed E-state index contributed by atoms with van der Waals surface area (Å²) in [7, 11) is 0. The summed E-state index contributed by atoms with van der Waals surface area (Å²) in [6.45, 7) is 2.85. The Morgan fingerprint density at radius 1 is 1.00 bits per heavy atom. The maximum Gasteiger partial charge on any atom is 0.230 e. The van der Waals surface area contributed by atoms with Gasteiger partial charge >= 0.3 is 0 Å². The molecule has 4 rings (SSSR count). The summed E-state index contributed by atoms with van der Waals surface area (Å²) < 4.78 is 0. The predicted octanol–water partition coefficient (Wildman–Crippen LogP) is 5.32. The lowest BCUT2D eigenvalue weighted by Gasteiger charge is -2.32. The molecule has 0 unspecified atom stereocenters. The van der Waals surface area contributed by atoms with Gasteiger partial charge in [0.1, 0.15) is 0 Å². The van der Waals surface area contributed by atoms with E-state index in [0.29, 0.717) is 6.54 Å². The van der Waals surface area contributed by atoms with Gasteiger partial charge in [-0.25, -0.2) is 0 Å². The first-order chi connectivity index (χ1) is 13.6. The molecule has 0 bridgehead atoms. The minimum Gasteiger partial charge on any atom is -0.324 e. The fraction of sp³-hybridized carbons (Fsp3) is 0.480. The minimum absolute atomic E-state index is 0.204. The van der Waals surface area contributed by atoms with E-state index in [0.717, 1.165) is 37.8 Å². The standard InChI is InChI=1S/C25H32N2O/c1-2-5-19-6-8-20(9-7-19)21-12-14-23(15-13-21)27(24(28)22-10-11-22)18-25(26)16-3-4-17-25/h6-9,12-15,22H,2-5,10-11,16-18,26H2,1H3. The third kappa shape index (κ3) is 4.30. The molecule has 2 fully saturated rings. The van der Waals surface area contributed by atoms with Crippen LogP contribution >= 0.6 is 0 Å². The SMILES string of the molecule is CCCc1ccc(-c2ccc(N(CC3(N)CCCC3)C(=O)C3CC3)cc2)cc1. The molecule has 2 aliphatic carbocycles. The van der Waals surface area contributed by atoms with E-state index in [1.54, 1.807) is 0 Å². The monoisotopic (exact) mass is 376 g/mol. The van der Waals surface area contributed by atoms with Gasteiger partial charge in [-0.2, -0.15) is 0 Å². The number of amides is 1. The van der Waals surface area contributed by atoms with Gasteiger partial charge in [0.15, 0.2) is 0 Å². The number of carbonyl (C=O) groups excluding carboxylic acids is 1. The van der Waals surface area contributed by atoms with Crippen molar-refractivity contribution in [1.29, 1.82) is 0 Å². The number of rotatable bonds is 7. The largest absolute Gasteiger partial charge is 0.324 e. The average molecular weight is 377 g/mol. The molecule has 3 heteroatoms. The lowest BCUT2D eigenvalue weighted by Crippen LogP contribution is -2.50. The van der Waals surface area contributed by atoms with Crippen LogP contribution in [0, 0.1) is 5.92 Å². The molecule has 0 spiro atoms. The third-order valence-electron chi connectivity index (χ3n) is 6.27. The highest BCUT2D eigenvalue weighted by molar-refractivity contribution is 5.96. The number of carbonyl (C=O) groups is 1. The van der Waals surface area contributed by atoms with E-state index in [1.807, 2.05) is 4.90 Å². The zero-order valence-electron chi connectivity index (χ0n) is 17.0. The van der Waals surface area contributed by atoms with E-state index < -0.39 is 0 Å². The van der Waals surface area contributed by atoms with Crippen molar-refractivity contribution in [3.63, 3.8) is 0 Å². The first-order valence-electron chi connectivity index (χ1n) is 10.9. The summed E-state index contributed by atoms with van der Waals surface area (Å²) in [5, 5.41) is 0. The van der Waals surface area contributed by atoms with Crippen LogP contribution in [0.3, 0.4) is 0 Å². The van der Waals surface area contributed by atoms with Crippen LogP contribution in [0.25, 0.3) is 11.1 Å². The fourth-order valence-electron chi connectivity index (χ4n) is 4.39. The number of nitrogens with zero attached hydrogens (tertiary/aromatic N) is 1. The summed E-state index contributed by atoms with van der Waals surface area (Å²) >= 11 is 0. The number of hydrogen-bond donors (Lipinski definition) is 1. The summed E-state index contributed by atoms with van der Waals surface area (Å²) in [4.78, 5) is 14.9. The Morgan fingerprint density at radius 2 is 1.57 bits per heavy atom. The van der Waals surface area contributed by atoms with E-state index in [9.17, 15) is 4.79 Å². The summed E-state index contributed by atoms with van der Waals surface area (Å²) in [5.74, 6) is 0.462. The van der Waals surface area contributed by atoms with Crippen LogP contribution in [-0.4, -0.2) is 18.0 Å². The molecular weight excluding hydrogens is 344 g/mol. The van der Waals surface area contributed by atoms with E-state index in [1.165, 1.54) is 36.0 Å². The zero-order valence-corrected chi connectivity index (χ0v) is 17.0. The number of aryl methyl sites for hydroxylation is 1. The summed E-state index contributed by atoms with van der Waals surface area (Å²) in [5.41, 5.74) is 11.2. The van der Waals surface area contributed by atoms with Crippen molar-refractivity contribution < 1.29 is 4.79 Å². The second kappa shape index (κ2) is 8.08. The topological polar surface area (TPSA) is 46.3 Å². The molecule has 2 aliphatic rings. The molecule has 1 amide bonds. The van der Waals surface area contributed by atoms with Crippen LogP contribution < -0.4 is 10.6 Å². The van der Waals surface area contributed by atoms with Crippen molar-refractivity contribution in [3.05, 3.63) is 54.1 Å². The van der Waals surface area contributed by atoms with Crippen LogP contribution in [0.4, 0.5) is 5.69 Å². The van der Waals surface area contributed by atoms with E-state index >= 15 is 0 Å². The Kier molecular flexibility index (Phi) is 5.54. The second-order valence-corrected chi connectivity index (χ2v) is 8.76. The molecule has 2 saturated carbocycles. The molecule has 2 aromatic carbocycles. The highest BCUT2D eigenvalue weighted by Crippen LogP contribution is 2.36. The van der Waals surface area contributed by atoms with Gasteiger partial charge in [-0.1, -0.05) is 62.6 Å². The van der Waals surface area contributed by atoms with Crippen molar-refractivity contribution in [2.75, 3.05) is 11.4 Å². The number of anilines is 1. The summed E-state index contributed by atoms with van der Waals surface area (Å²) in [6.07, 6.45) is 8.72. The van der Waals surface area contributed by atoms with Gasteiger partial charge in [0.25, 0.3) is 0 Å². The van der Waals surface area contributed by atoms with Gasteiger partial charge in [-0.3, -0.25) is 4.79 Å². The minimum atomic E-state index is -0.224. The van der Waals surface area contributed by atoms with Gasteiger partial charge in [0.2, 0.25) is 5.91 Å². The van der Waals surface area contributed by atoms with E-state index in [4.69, 9.17) is 5.73 Å². The Bertz CT molecular complexity index is 799. The third-order valence-corrected chi connectivity index (χ3v) is 6.27. The molecule has 0 saturated heterocycles. The zero-order chi connectivity index (χ0) is 19.6. The van der Waals surface area contributed by atoms with E-state index in [2.05, 4.69) is 55.5 Å². The number of nitrogens with two attached hydrogens (primary N) is 1. The molecule has 0 aromatic heterocycles. The molecule has 0 heterocycles.